The van der Waals surface area contributed by atoms with Gasteiger partial charge in [0.25, 0.3) is 0 Å². The fraction of sp³-hybridized carbons (Fsp3) is 0.182. The molecule has 0 aliphatic heterocycles. The van der Waals surface area contributed by atoms with Crippen LogP contribution in [0.1, 0.15) is 11.3 Å². The number of rotatable bonds is 2. The van der Waals surface area contributed by atoms with Gasteiger partial charge in [0, 0.05) is 12.7 Å². The summed E-state index contributed by atoms with van der Waals surface area (Å²) in [6.07, 6.45) is -1.92. The summed E-state index contributed by atoms with van der Waals surface area (Å²) in [7, 11) is 0. The molecule has 7 heteroatoms. The van der Waals surface area contributed by atoms with Crippen molar-refractivity contribution in [2.24, 2.45) is 5.73 Å². The Morgan fingerprint density at radius 3 is 2.61 bits per heavy atom. The maximum absolute atomic E-state index is 13.6. The molecular weight excluding hydrogens is 250 g/mol. The fourth-order valence-electron chi connectivity index (χ4n) is 1.56. The highest BCUT2D eigenvalue weighted by molar-refractivity contribution is 5.40. The van der Waals surface area contributed by atoms with E-state index in [0.29, 0.717) is 11.8 Å². The average molecular weight is 259 g/mol. The molecule has 0 unspecified atom stereocenters. The fourth-order valence-corrected chi connectivity index (χ4v) is 1.56. The van der Waals surface area contributed by atoms with Crippen LogP contribution in [-0.2, 0) is 12.7 Å². The summed E-state index contributed by atoms with van der Waals surface area (Å²) in [6.45, 7) is 0.0513. The molecule has 0 aliphatic rings. The van der Waals surface area contributed by atoms with Crippen molar-refractivity contribution in [2.75, 3.05) is 0 Å². The number of alkyl halides is 3. The van der Waals surface area contributed by atoms with Crippen LogP contribution < -0.4 is 5.73 Å². The molecule has 1 aromatic heterocycles. The van der Waals surface area contributed by atoms with Crippen molar-refractivity contribution < 1.29 is 17.6 Å². The smallest absolute Gasteiger partial charge is 0.325 e. The number of nitrogens with zero attached hydrogens (tertiary/aromatic N) is 2. The van der Waals surface area contributed by atoms with Crippen LogP contribution in [0.15, 0.2) is 30.7 Å². The second-order valence-electron chi connectivity index (χ2n) is 3.62. The molecule has 3 nitrogen and oxygen atoms in total. The third-order valence-corrected chi connectivity index (χ3v) is 2.46. The highest BCUT2D eigenvalue weighted by Crippen LogP contribution is 2.31. The monoisotopic (exact) mass is 259 g/mol. The van der Waals surface area contributed by atoms with E-state index < -0.39 is 17.6 Å². The first-order valence-corrected chi connectivity index (χ1v) is 5.02. The number of imidazole rings is 1. The van der Waals surface area contributed by atoms with Gasteiger partial charge in [-0.15, -0.1) is 0 Å². The zero-order valence-electron chi connectivity index (χ0n) is 9.08. The summed E-state index contributed by atoms with van der Waals surface area (Å²) in [5, 5.41) is 0. The van der Waals surface area contributed by atoms with Gasteiger partial charge in [-0.2, -0.15) is 13.2 Å². The topological polar surface area (TPSA) is 43.8 Å². The zero-order valence-corrected chi connectivity index (χ0v) is 9.08. The molecule has 1 heterocycles. The first-order chi connectivity index (χ1) is 8.43. The van der Waals surface area contributed by atoms with Gasteiger partial charge in [-0.25, -0.2) is 9.37 Å². The molecular formula is C11H9F4N3. The van der Waals surface area contributed by atoms with Crippen LogP contribution in [0.25, 0.3) is 5.69 Å². The minimum absolute atomic E-state index is 0.0513. The zero-order chi connectivity index (χ0) is 13.3. The van der Waals surface area contributed by atoms with Crippen molar-refractivity contribution in [3.05, 3.63) is 47.8 Å². The molecule has 0 bridgehead atoms. The van der Waals surface area contributed by atoms with Gasteiger partial charge in [-0.05, 0) is 18.2 Å². The Bertz CT molecular complexity index is 560. The predicted molar refractivity (Wildman–Crippen MR) is 56.4 cm³/mol. The molecule has 0 fully saturated rings. The minimum atomic E-state index is -4.52. The summed E-state index contributed by atoms with van der Waals surface area (Å²) in [5.41, 5.74) is 4.68. The Kier molecular flexibility index (Phi) is 3.08. The molecule has 0 aliphatic carbocycles. The van der Waals surface area contributed by atoms with E-state index in [1.165, 1.54) is 17.1 Å². The van der Waals surface area contributed by atoms with Crippen LogP contribution in [0.3, 0.4) is 0 Å². The van der Waals surface area contributed by atoms with Gasteiger partial charge in [0.2, 0.25) is 0 Å². The number of halogens is 4. The molecule has 0 spiro atoms. The maximum Gasteiger partial charge on any atom is 0.416 e. The van der Waals surface area contributed by atoms with E-state index in [1.807, 2.05) is 0 Å². The van der Waals surface area contributed by atoms with Crippen LogP contribution in [0.4, 0.5) is 17.6 Å². The van der Waals surface area contributed by atoms with Crippen LogP contribution in [0.5, 0.6) is 0 Å². The maximum atomic E-state index is 13.6. The van der Waals surface area contributed by atoms with Crippen molar-refractivity contribution in [2.45, 2.75) is 12.7 Å². The van der Waals surface area contributed by atoms with Crippen molar-refractivity contribution in [3.63, 3.8) is 0 Å². The summed E-state index contributed by atoms with van der Waals surface area (Å²) in [5.74, 6) is -0.768. The van der Waals surface area contributed by atoms with Gasteiger partial charge < -0.3 is 5.73 Å². The Balaban J connectivity index is 2.57. The Morgan fingerprint density at radius 2 is 2.00 bits per heavy atom. The van der Waals surface area contributed by atoms with Crippen LogP contribution >= 0.6 is 0 Å². The second kappa shape index (κ2) is 4.41. The van der Waals surface area contributed by atoms with E-state index in [1.54, 1.807) is 0 Å². The molecule has 0 saturated carbocycles. The van der Waals surface area contributed by atoms with E-state index >= 15 is 0 Å². The van der Waals surface area contributed by atoms with Gasteiger partial charge in [0.15, 0.2) is 0 Å². The summed E-state index contributed by atoms with van der Waals surface area (Å²) < 4.78 is 52.4. The van der Waals surface area contributed by atoms with E-state index in [0.717, 1.165) is 12.1 Å². The Labute approximate surface area is 99.9 Å². The first-order valence-electron chi connectivity index (χ1n) is 5.02. The van der Waals surface area contributed by atoms with Crippen molar-refractivity contribution in [1.82, 2.24) is 9.55 Å². The highest BCUT2D eigenvalue weighted by Gasteiger charge is 2.31. The lowest BCUT2D eigenvalue weighted by Gasteiger charge is -2.12. The van der Waals surface area contributed by atoms with Crippen molar-refractivity contribution in [1.29, 1.82) is 0 Å². The van der Waals surface area contributed by atoms with E-state index in [9.17, 15) is 17.6 Å². The predicted octanol–water partition coefficient (Wildman–Crippen LogP) is 2.49. The number of nitrogens with two attached hydrogens (primary N) is 1. The molecule has 18 heavy (non-hydrogen) atoms. The third-order valence-electron chi connectivity index (χ3n) is 2.46. The quantitative estimate of drug-likeness (QED) is 0.842. The minimum Gasteiger partial charge on any atom is -0.325 e. The Hall–Kier alpha value is -1.89. The number of hydrogen-bond donors (Lipinski definition) is 1. The lowest BCUT2D eigenvalue weighted by atomic mass is 10.2. The van der Waals surface area contributed by atoms with E-state index in [4.69, 9.17) is 5.73 Å². The lowest BCUT2D eigenvalue weighted by Crippen LogP contribution is -2.10. The van der Waals surface area contributed by atoms with Gasteiger partial charge in [-0.1, -0.05) is 0 Å². The summed E-state index contributed by atoms with van der Waals surface area (Å²) >= 11 is 0. The van der Waals surface area contributed by atoms with Crippen molar-refractivity contribution >= 4 is 0 Å². The lowest BCUT2D eigenvalue weighted by molar-refractivity contribution is -0.137. The first kappa shape index (κ1) is 12.6. The van der Waals surface area contributed by atoms with Gasteiger partial charge in [0.05, 0.1) is 23.3 Å². The molecule has 0 amide bonds. The normalized spacial score (nSPS) is 11.8. The molecule has 0 saturated heterocycles. The van der Waals surface area contributed by atoms with E-state index in [2.05, 4.69) is 4.98 Å². The number of benzene rings is 1. The summed E-state index contributed by atoms with van der Waals surface area (Å²) in [4.78, 5) is 3.74. The number of hydrogen-bond acceptors (Lipinski definition) is 2. The molecule has 2 rings (SSSR count). The van der Waals surface area contributed by atoms with Gasteiger partial charge in [0.1, 0.15) is 5.82 Å². The van der Waals surface area contributed by atoms with Crippen LogP contribution in [-0.4, -0.2) is 9.55 Å². The van der Waals surface area contributed by atoms with Crippen LogP contribution in [0.2, 0.25) is 0 Å². The average Bonchev–Trinajstić information content (AvgIpc) is 2.76. The Morgan fingerprint density at radius 1 is 1.28 bits per heavy atom. The standard InChI is InChI=1S/C11H9F4N3/c12-9-2-1-7(11(13,14)15)3-10(9)18-6-17-5-8(18)4-16/h1-3,5-6H,4,16H2. The molecule has 0 atom stereocenters. The number of aromatic nitrogens is 2. The summed E-state index contributed by atoms with van der Waals surface area (Å²) in [6, 6.07) is 2.20. The van der Waals surface area contributed by atoms with Crippen LogP contribution in [0, 0.1) is 5.82 Å². The van der Waals surface area contributed by atoms with Gasteiger partial charge in [-0.3, -0.25) is 4.57 Å². The van der Waals surface area contributed by atoms with Crippen molar-refractivity contribution in [3.8, 4) is 5.69 Å². The van der Waals surface area contributed by atoms with E-state index in [-0.39, 0.29) is 12.2 Å². The highest BCUT2D eigenvalue weighted by atomic mass is 19.4. The third kappa shape index (κ3) is 2.21. The molecule has 96 valence electrons. The molecule has 2 N–H and O–H groups in total. The molecule has 0 radical (unpaired) electrons. The SMILES string of the molecule is NCc1cncn1-c1cc(C(F)(F)F)ccc1F. The molecule has 2 aromatic rings. The second-order valence-corrected chi connectivity index (χ2v) is 3.62. The molecule has 1 aromatic carbocycles. The van der Waals surface area contributed by atoms with Gasteiger partial charge >= 0.3 is 6.18 Å². The largest absolute Gasteiger partial charge is 0.416 e.